The van der Waals surface area contributed by atoms with Gasteiger partial charge in [-0.25, -0.2) is 9.78 Å². The van der Waals surface area contributed by atoms with E-state index in [2.05, 4.69) is 4.98 Å². The summed E-state index contributed by atoms with van der Waals surface area (Å²) < 4.78 is 7.11. The molecule has 0 unspecified atom stereocenters. The van der Waals surface area contributed by atoms with Gasteiger partial charge in [-0.2, -0.15) is 0 Å². The van der Waals surface area contributed by atoms with Crippen LogP contribution in [-0.2, 0) is 4.74 Å². The second-order valence-corrected chi connectivity index (χ2v) is 8.02. The first-order valence-electron chi connectivity index (χ1n) is 9.28. The van der Waals surface area contributed by atoms with Crippen LogP contribution in [0.5, 0.6) is 0 Å². The van der Waals surface area contributed by atoms with Crippen LogP contribution in [0.25, 0.3) is 10.9 Å². The molecule has 1 heterocycles. The summed E-state index contributed by atoms with van der Waals surface area (Å²) in [5.74, 6) is 0.0600. The first-order chi connectivity index (χ1) is 13.9. The zero-order chi connectivity index (χ0) is 20.7. The average Bonchev–Trinajstić information content (AvgIpc) is 2.67. The summed E-state index contributed by atoms with van der Waals surface area (Å²) in [7, 11) is 0. The first kappa shape index (κ1) is 19.9. The van der Waals surface area contributed by atoms with Crippen LogP contribution < -0.4 is 11.3 Å². The lowest BCUT2D eigenvalue weighted by molar-refractivity contribution is -0.00919. The number of ether oxygens (including phenoxy) is 1. The van der Waals surface area contributed by atoms with Crippen molar-refractivity contribution in [2.45, 2.75) is 38.0 Å². The molecule has 1 aliphatic rings. The number of rotatable bonds is 4. The monoisotopic (exact) mass is 431 g/mol. The molecule has 0 amide bonds. The van der Waals surface area contributed by atoms with Crippen molar-refractivity contribution in [2.24, 2.45) is 5.73 Å². The van der Waals surface area contributed by atoms with Crippen LogP contribution in [0.3, 0.4) is 0 Å². The highest BCUT2D eigenvalue weighted by Gasteiger charge is 2.36. The topological polar surface area (TPSA) is 87.2 Å². The minimum atomic E-state index is -0.479. The lowest BCUT2D eigenvalue weighted by Crippen LogP contribution is -2.42. The SMILES string of the molecule is C[C@H](N)c1nc2c(Cl)ccc(Cl)c2c(=O)n1[C@H]1C[C@H](OC(=O)c2ccccc2)C1. The number of hydrogen-bond acceptors (Lipinski definition) is 5. The van der Waals surface area contributed by atoms with Crippen molar-refractivity contribution in [3.05, 3.63) is 74.3 Å². The smallest absolute Gasteiger partial charge is 0.338 e. The second-order valence-electron chi connectivity index (χ2n) is 7.21. The molecule has 2 aromatic carbocycles. The Morgan fingerprint density at radius 2 is 1.83 bits per heavy atom. The van der Waals surface area contributed by atoms with Gasteiger partial charge in [0.2, 0.25) is 0 Å². The summed E-state index contributed by atoms with van der Waals surface area (Å²) in [5, 5.41) is 0.908. The summed E-state index contributed by atoms with van der Waals surface area (Å²) >= 11 is 12.5. The van der Waals surface area contributed by atoms with Crippen molar-refractivity contribution in [1.82, 2.24) is 9.55 Å². The molecule has 0 saturated heterocycles. The third kappa shape index (κ3) is 3.64. The lowest BCUT2D eigenvalue weighted by Gasteiger charge is -2.37. The number of benzene rings is 2. The van der Waals surface area contributed by atoms with Crippen molar-refractivity contribution in [2.75, 3.05) is 0 Å². The van der Waals surface area contributed by atoms with Crippen molar-refractivity contribution < 1.29 is 9.53 Å². The fraction of sp³-hybridized carbons (Fsp3) is 0.286. The van der Waals surface area contributed by atoms with Gasteiger partial charge in [-0.1, -0.05) is 41.4 Å². The predicted octanol–water partition coefficient (Wildman–Crippen LogP) is 4.28. The van der Waals surface area contributed by atoms with E-state index in [1.165, 1.54) is 0 Å². The van der Waals surface area contributed by atoms with Gasteiger partial charge in [-0.3, -0.25) is 9.36 Å². The third-order valence-corrected chi connectivity index (χ3v) is 5.73. The molecule has 1 atom stereocenters. The van der Waals surface area contributed by atoms with Crippen molar-refractivity contribution in [3.8, 4) is 0 Å². The Morgan fingerprint density at radius 3 is 2.48 bits per heavy atom. The molecular weight excluding hydrogens is 413 g/mol. The maximum atomic E-state index is 13.2. The van der Waals surface area contributed by atoms with Gasteiger partial charge in [0.1, 0.15) is 11.9 Å². The third-order valence-electron chi connectivity index (χ3n) is 5.11. The molecule has 6 nitrogen and oxygen atoms in total. The number of nitrogens with two attached hydrogens (primary N) is 1. The summed E-state index contributed by atoms with van der Waals surface area (Å²) in [6.07, 6.45) is 0.735. The van der Waals surface area contributed by atoms with E-state index in [1.54, 1.807) is 47.9 Å². The van der Waals surface area contributed by atoms with Crippen molar-refractivity contribution in [3.63, 3.8) is 0 Å². The maximum Gasteiger partial charge on any atom is 0.338 e. The normalized spacial score (nSPS) is 19.6. The number of carbonyl (C=O) groups excluding carboxylic acids is 1. The molecule has 1 aromatic heterocycles. The van der Waals surface area contributed by atoms with Crippen LogP contribution in [0.1, 0.15) is 48.0 Å². The molecule has 150 valence electrons. The lowest BCUT2D eigenvalue weighted by atomic mass is 9.88. The van der Waals surface area contributed by atoms with Crippen LogP contribution in [-0.4, -0.2) is 21.6 Å². The van der Waals surface area contributed by atoms with Gasteiger partial charge in [-0.05, 0) is 31.2 Å². The highest BCUT2D eigenvalue weighted by Crippen LogP contribution is 2.37. The van der Waals surface area contributed by atoms with Crippen LogP contribution >= 0.6 is 23.2 Å². The van der Waals surface area contributed by atoms with E-state index in [0.29, 0.717) is 39.8 Å². The summed E-state index contributed by atoms with van der Waals surface area (Å²) in [6.45, 7) is 1.76. The van der Waals surface area contributed by atoms with Gasteiger partial charge in [-0.15, -0.1) is 0 Å². The van der Waals surface area contributed by atoms with Crippen LogP contribution in [0.15, 0.2) is 47.3 Å². The van der Waals surface area contributed by atoms with E-state index in [4.69, 9.17) is 33.7 Å². The minimum Gasteiger partial charge on any atom is -0.459 e. The summed E-state index contributed by atoms with van der Waals surface area (Å²) in [5.41, 5.74) is 6.65. The van der Waals surface area contributed by atoms with Crippen LogP contribution in [0, 0.1) is 0 Å². The number of nitrogens with zero attached hydrogens (tertiary/aromatic N) is 2. The van der Waals surface area contributed by atoms with E-state index < -0.39 is 6.04 Å². The molecule has 0 spiro atoms. The van der Waals surface area contributed by atoms with Gasteiger partial charge >= 0.3 is 5.97 Å². The highest BCUT2D eigenvalue weighted by atomic mass is 35.5. The average molecular weight is 432 g/mol. The Balaban J connectivity index is 1.63. The van der Waals surface area contributed by atoms with Gasteiger partial charge in [0.25, 0.3) is 5.56 Å². The fourth-order valence-corrected chi connectivity index (χ4v) is 3.99. The minimum absolute atomic E-state index is 0.177. The quantitative estimate of drug-likeness (QED) is 0.622. The van der Waals surface area contributed by atoms with Crippen molar-refractivity contribution in [1.29, 1.82) is 0 Å². The Morgan fingerprint density at radius 1 is 1.17 bits per heavy atom. The Labute approximate surface area is 177 Å². The standard InChI is InChI=1S/C21H19Cl2N3O3/c1-11(24)19-25-18-16(23)8-7-15(22)17(18)20(27)26(19)13-9-14(10-13)29-21(28)12-5-3-2-4-6-12/h2-8,11,13-14H,9-10,24H2,1H3/t11-,13-,14-/m0/s1. The molecular formula is C21H19Cl2N3O3. The molecule has 0 bridgehead atoms. The van der Waals surface area contributed by atoms with Crippen LogP contribution in [0.4, 0.5) is 0 Å². The molecule has 1 fully saturated rings. The molecule has 29 heavy (non-hydrogen) atoms. The summed E-state index contributed by atoms with van der Waals surface area (Å²) in [4.78, 5) is 30.0. The van der Waals surface area contributed by atoms with Gasteiger partial charge in [0, 0.05) is 18.9 Å². The van der Waals surface area contributed by atoms with E-state index in [1.807, 2.05) is 6.07 Å². The van der Waals surface area contributed by atoms with Gasteiger partial charge in [0.15, 0.2) is 0 Å². The number of carbonyl (C=O) groups is 1. The molecule has 0 radical (unpaired) electrons. The second kappa shape index (κ2) is 7.78. The maximum absolute atomic E-state index is 13.2. The number of esters is 1. The zero-order valence-corrected chi connectivity index (χ0v) is 17.2. The summed E-state index contributed by atoms with van der Waals surface area (Å²) in [6, 6.07) is 11.3. The van der Waals surface area contributed by atoms with E-state index in [0.717, 1.165) is 0 Å². The zero-order valence-electron chi connectivity index (χ0n) is 15.6. The molecule has 1 saturated carbocycles. The predicted molar refractivity (Wildman–Crippen MR) is 113 cm³/mol. The highest BCUT2D eigenvalue weighted by molar-refractivity contribution is 6.39. The van der Waals surface area contributed by atoms with E-state index in [9.17, 15) is 9.59 Å². The number of aromatic nitrogens is 2. The van der Waals surface area contributed by atoms with Gasteiger partial charge in [0.05, 0.1) is 32.6 Å². The fourth-order valence-electron chi connectivity index (χ4n) is 3.56. The molecule has 1 aliphatic carbocycles. The number of fused-ring (bicyclic) bond motifs is 1. The van der Waals surface area contributed by atoms with Crippen LogP contribution in [0.2, 0.25) is 10.0 Å². The molecule has 8 heteroatoms. The molecule has 0 aliphatic heterocycles. The largest absolute Gasteiger partial charge is 0.459 e. The van der Waals surface area contributed by atoms with Gasteiger partial charge < -0.3 is 10.5 Å². The Bertz CT molecular complexity index is 1140. The molecule has 4 rings (SSSR count). The Kier molecular flexibility index (Phi) is 5.34. The molecule has 3 aromatic rings. The first-order valence-corrected chi connectivity index (χ1v) is 10.0. The Hall–Kier alpha value is -2.41. The van der Waals surface area contributed by atoms with Crippen molar-refractivity contribution >= 4 is 40.1 Å². The van der Waals surface area contributed by atoms with E-state index in [-0.39, 0.29) is 29.1 Å². The number of hydrogen-bond donors (Lipinski definition) is 1. The molecule has 2 N–H and O–H groups in total. The number of halogens is 2. The van der Waals surface area contributed by atoms with E-state index >= 15 is 0 Å².